The summed E-state index contributed by atoms with van der Waals surface area (Å²) in [6, 6.07) is 16.9. The van der Waals surface area contributed by atoms with Crippen molar-refractivity contribution in [2.24, 2.45) is 0 Å². The highest BCUT2D eigenvalue weighted by molar-refractivity contribution is 8.15. The lowest BCUT2D eigenvalue weighted by Gasteiger charge is -2.19. The molecule has 0 saturated carbocycles. The highest BCUT2D eigenvalue weighted by atomic mass is 35.7. The largest absolute Gasteiger partial charge is 0.182 e. The van der Waals surface area contributed by atoms with Crippen molar-refractivity contribution in [1.82, 2.24) is 0 Å². The maximum Gasteiger partial charge on any atom is 0.141 e. The van der Waals surface area contributed by atoms with E-state index in [1.54, 1.807) is 11.5 Å². The van der Waals surface area contributed by atoms with Gasteiger partial charge in [-0.3, -0.25) is 0 Å². The minimum Gasteiger partial charge on any atom is -0.182 e. The van der Waals surface area contributed by atoms with Crippen LogP contribution in [0.1, 0.15) is 16.7 Å². The predicted molar refractivity (Wildman–Crippen MR) is 73.8 cm³/mol. The van der Waals surface area contributed by atoms with Gasteiger partial charge in [0.2, 0.25) is 0 Å². The van der Waals surface area contributed by atoms with Gasteiger partial charge in [0.05, 0.1) is 15.1 Å². The number of hydrogen-bond acceptors (Lipinski definition) is 4. The molecule has 2 aromatic carbocycles. The molecule has 0 spiro atoms. The Labute approximate surface area is 126 Å². The average molecular weight is 323 g/mol. The molecule has 0 radical (unpaired) electrons. The molecular weight excluding hydrogens is 312 g/mol. The molecule has 2 aromatic rings. The molecule has 1 atom stereocenters. The summed E-state index contributed by atoms with van der Waals surface area (Å²) in [5.74, 6) is 0. The fourth-order valence-corrected chi connectivity index (χ4v) is 4.42. The first-order valence-corrected chi connectivity index (χ1v) is 8.53. The molecule has 0 bridgehead atoms. The van der Waals surface area contributed by atoms with Crippen molar-refractivity contribution in [3.63, 3.8) is 0 Å². The van der Waals surface area contributed by atoms with Gasteiger partial charge < -0.3 is 0 Å². The molecule has 0 amide bonds. The second kappa shape index (κ2) is 5.73. The van der Waals surface area contributed by atoms with Crippen molar-refractivity contribution in [3.05, 3.63) is 76.7 Å². The van der Waals surface area contributed by atoms with Crippen LogP contribution < -0.4 is 14.0 Å². The molecule has 0 aromatic heterocycles. The molecule has 0 fully saturated rings. The van der Waals surface area contributed by atoms with Crippen LogP contribution in [0.15, 0.2) is 60.0 Å². The van der Waals surface area contributed by atoms with Crippen molar-refractivity contribution in [2.45, 2.75) is 0 Å². The second-order valence-corrected chi connectivity index (χ2v) is 6.86. The Balaban J connectivity index is 2.20. The van der Waals surface area contributed by atoms with Crippen LogP contribution in [0.4, 0.5) is 0 Å². The molecule has 6 heteroatoms. The summed E-state index contributed by atoms with van der Waals surface area (Å²) in [6.45, 7) is 0. The standard InChI is InChI=1S/C15H11ClO4S/c17-16(18,19)20-21-11-10-12-6-4-5-9-14(12)15(21)13-7-2-1-3-8-13/h1-11H. The SMILES string of the molecule is [O-][Cl+3]([O-])([O-])OS1=C(c2ccccc2)c2ccccc2C=C1. The normalized spacial score (nSPS) is 17.7. The number of halogens is 1. The van der Waals surface area contributed by atoms with Crippen molar-refractivity contribution >= 4 is 21.7 Å². The van der Waals surface area contributed by atoms with Gasteiger partial charge in [0.15, 0.2) is 0 Å². The van der Waals surface area contributed by atoms with Crippen LogP contribution in [-0.4, -0.2) is 4.86 Å². The first-order valence-electron chi connectivity index (χ1n) is 6.08. The molecule has 21 heavy (non-hydrogen) atoms. The van der Waals surface area contributed by atoms with E-state index in [1.165, 1.54) is 0 Å². The lowest BCUT2D eigenvalue weighted by molar-refractivity contribution is -1.91. The maximum absolute atomic E-state index is 10.9. The van der Waals surface area contributed by atoms with Gasteiger partial charge in [-0.25, -0.2) is 0 Å². The minimum atomic E-state index is -4.49. The Hall–Kier alpha value is -1.47. The van der Waals surface area contributed by atoms with Crippen LogP contribution in [0, 0.1) is 10.2 Å². The van der Waals surface area contributed by atoms with E-state index in [-0.39, 0.29) is 0 Å². The van der Waals surface area contributed by atoms with E-state index in [2.05, 4.69) is 0 Å². The van der Waals surface area contributed by atoms with E-state index in [4.69, 9.17) is 3.74 Å². The molecule has 1 unspecified atom stereocenters. The first kappa shape index (κ1) is 14.5. The van der Waals surface area contributed by atoms with E-state index >= 15 is 0 Å². The predicted octanol–water partition coefficient (Wildman–Crippen LogP) is 0.338. The molecule has 108 valence electrons. The van der Waals surface area contributed by atoms with Crippen molar-refractivity contribution < 1.29 is 28.0 Å². The average Bonchev–Trinajstić information content (AvgIpc) is 2.46. The topological polar surface area (TPSA) is 78.4 Å². The zero-order chi connectivity index (χ0) is 14.9. The number of rotatable bonds is 3. The number of hydrogen-bond donors (Lipinski definition) is 0. The van der Waals surface area contributed by atoms with E-state index in [9.17, 15) is 14.0 Å². The molecule has 1 aliphatic rings. The Morgan fingerprint density at radius 2 is 1.52 bits per heavy atom. The van der Waals surface area contributed by atoms with Gasteiger partial charge in [0.1, 0.15) is 14.5 Å². The fourth-order valence-electron chi connectivity index (χ4n) is 2.16. The van der Waals surface area contributed by atoms with Gasteiger partial charge in [-0.1, -0.05) is 54.6 Å². The van der Waals surface area contributed by atoms with Crippen LogP contribution in [-0.2, 0) is 3.74 Å². The second-order valence-electron chi connectivity index (χ2n) is 4.32. The lowest BCUT2D eigenvalue weighted by atomic mass is 9.99. The molecular formula is C15H11ClO4S. The van der Waals surface area contributed by atoms with Gasteiger partial charge in [-0.05, 0) is 22.8 Å². The molecule has 1 heterocycles. The van der Waals surface area contributed by atoms with Crippen molar-refractivity contribution in [1.29, 1.82) is 0 Å². The molecule has 4 nitrogen and oxygen atoms in total. The van der Waals surface area contributed by atoms with E-state index in [0.717, 1.165) is 16.7 Å². The molecule has 0 saturated heterocycles. The highest BCUT2D eigenvalue weighted by Gasteiger charge is 2.27. The summed E-state index contributed by atoms with van der Waals surface area (Å²) in [6.07, 6.45) is 1.77. The van der Waals surface area contributed by atoms with E-state index in [0.29, 0.717) is 4.86 Å². The summed E-state index contributed by atoms with van der Waals surface area (Å²) in [7, 11) is -5.73. The van der Waals surface area contributed by atoms with E-state index < -0.39 is 21.0 Å². The number of fused-ring (bicyclic) bond motifs is 1. The zero-order valence-electron chi connectivity index (χ0n) is 10.8. The van der Waals surface area contributed by atoms with Crippen LogP contribution in [0.2, 0.25) is 0 Å². The molecule has 0 aliphatic carbocycles. The Kier molecular flexibility index (Phi) is 3.95. The van der Waals surface area contributed by atoms with Gasteiger partial charge in [0.25, 0.3) is 0 Å². The van der Waals surface area contributed by atoms with E-state index in [1.807, 2.05) is 54.6 Å². The van der Waals surface area contributed by atoms with Gasteiger partial charge in [0, 0.05) is 5.41 Å². The van der Waals surface area contributed by atoms with Crippen LogP contribution >= 0.6 is 10.8 Å². The van der Waals surface area contributed by atoms with Crippen molar-refractivity contribution in [3.8, 4) is 0 Å². The monoisotopic (exact) mass is 322 g/mol. The lowest BCUT2D eigenvalue weighted by Crippen LogP contribution is -2.60. The summed E-state index contributed by atoms with van der Waals surface area (Å²) in [5, 5.41) is 1.60. The number of benzene rings is 2. The maximum atomic E-state index is 10.9. The zero-order valence-corrected chi connectivity index (χ0v) is 12.3. The third kappa shape index (κ3) is 3.24. The summed E-state index contributed by atoms with van der Waals surface area (Å²) in [4.78, 5) is 0.695. The smallest absolute Gasteiger partial charge is 0.141 e. The third-order valence-electron chi connectivity index (χ3n) is 2.96. The molecule has 3 rings (SSSR count). The highest BCUT2D eigenvalue weighted by Crippen LogP contribution is 2.35. The van der Waals surface area contributed by atoms with Crippen LogP contribution in [0.25, 0.3) is 6.08 Å². The first-order chi connectivity index (χ1) is 10.0. The fraction of sp³-hybridized carbons (Fsp3) is 0. The van der Waals surface area contributed by atoms with Crippen LogP contribution in [0.5, 0.6) is 0 Å². The Bertz CT molecular complexity index is 720. The quantitative estimate of drug-likeness (QED) is 0.763. The minimum absolute atomic E-state index is 0.695. The Morgan fingerprint density at radius 1 is 0.857 bits per heavy atom. The molecule has 1 aliphatic heterocycles. The summed E-state index contributed by atoms with van der Waals surface area (Å²) < 4.78 is 37.5. The molecule has 0 N–H and O–H groups in total. The van der Waals surface area contributed by atoms with Crippen molar-refractivity contribution in [2.75, 3.05) is 0 Å². The van der Waals surface area contributed by atoms with Gasteiger partial charge >= 0.3 is 0 Å². The van der Waals surface area contributed by atoms with Gasteiger partial charge in [-0.2, -0.15) is 14.0 Å². The van der Waals surface area contributed by atoms with Gasteiger partial charge in [-0.15, -0.1) is 0 Å². The Morgan fingerprint density at radius 3 is 2.24 bits per heavy atom. The summed E-state index contributed by atoms with van der Waals surface area (Å²) in [5.41, 5.74) is 2.66. The van der Waals surface area contributed by atoms with Crippen LogP contribution in [0.3, 0.4) is 0 Å². The third-order valence-corrected chi connectivity index (χ3v) is 5.36. The summed E-state index contributed by atoms with van der Waals surface area (Å²) >= 11 is 0.